The topological polar surface area (TPSA) is 174 Å². The van der Waals surface area contributed by atoms with Crippen LogP contribution in [0.4, 0.5) is 5.95 Å². The van der Waals surface area contributed by atoms with Gasteiger partial charge in [0.05, 0.1) is 11.5 Å². The van der Waals surface area contributed by atoms with Gasteiger partial charge in [0.25, 0.3) is 10.1 Å². The van der Waals surface area contributed by atoms with E-state index in [9.17, 15) is 33.9 Å². The lowest BCUT2D eigenvalue weighted by molar-refractivity contribution is -0.400. The monoisotopic (exact) mass is 429 g/mol. The van der Waals surface area contributed by atoms with E-state index in [2.05, 4.69) is 4.98 Å². The van der Waals surface area contributed by atoms with Gasteiger partial charge in [0.1, 0.15) is 36.8 Å². The van der Waals surface area contributed by atoms with Crippen molar-refractivity contribution in [1.82, 2.24) is 9.55 Å². The van der Waals surface area contributed by atoms with Crippen molar-refractivity contribution in [3.05, 3.63) is 52.3 Å². The highest BCUT2D eigenvalue weighted by molar-refractivity contribution is 7.86. The van der Waals surface area contributed by atoms with Crippen LogP contribution >= 0.6 is 0 Å². The van der Waals surface area contributed by atoms with Crippen LogP contribution in [0.5, 0.6) is 0 Å². The largest absolute Gasteiger partial charge is 0.436 e. The van der Waals surface area contributed by atoms with Crippen LogP contribution in [0.2, 0.25) is 0 Å². The van der Waals surface area contributed by atoms with Crippen molar-refractivity contribution in [2.45, 2.75) is 42.5 Å². The second kappa shape index (κ2) is 8.14. The second-order valence-corrected chi connectivity index (χ2v) is 8.10. The van der Waals surface area contributed by atoms with Gasteiger partial charge in [-0.25, -0.2) is 0 Å². The number of aliphatic hydroxyl groups is 3. The standard InChI is InChI=1S/C16H19N3O9S/c1-9-2-4-10(5-3-9)29(25,26)27-8-11-12(20)13(21)14(22)15(28-11)18-7-6-17-16(18)19(23)24/h2-7,11-15,20-22H,8H2,1H3/t11-,12-,13+,14-,15-/m1/s1. The number of hydrogen-bond donors (Lipinski definition) is 3. The van der Waals surface area contributed by atoms with E-state index in [1.807, 2.05) is 0 Å². The normalized spacial score (nSPS) is 27.7. The van der Waals surface area contributed by atoms with Crippen LogP contribution in [0.25, 0.3) is 0 Å². The van der Waals surface area contributed by atoms with Crippen LogP contribution in [0.1, 0.15) is 11.8 Å². The summed E-state index contributed by atoms with van der Waals surface area (Å²) in [5, 5.41) is 41.5. The molecule has 3 N–H and O–H groups in total. The van der Waals surface area contributed by atoms with Gasteiger partial charge in [0.15, 0.2) is 0 Å². The molecule has 1 aromatic heterocycles. The Labute approximate surface area is 165 Å². The zero-order valence-corrected chi connectivity index (χ0v) is 15.9. The fraction of sp³-hybridized carbons (Fsp3) is 0.438. The molecule has 158 valence electrons. The van der Waals surface area contributed by atoms with Crippen molar-refractivity contribution < 1.29 is 37.6 Å². The molecule has 0 spiro atoms. The summed E-state index contributed by atoms with van der Waals surface area (Å²) in [6.45, 7) is 1.09. The van der Waals surface area contributed by atoms with Gasteiger partial charge in [-0.1, -0.05) is 22.7 Å². The first-order valence-corrected chi connectivity index (χ1v) is 9.85. The molecule has 0 amide bonds. The number of aromatic nitrogens is 2. The molecule has 3 rings (SSSR count). The highest BCUT2D eigenvalue weighted by Gasteiger charge is 2.47. The number of nitro groups is 1. The molecule has 1 aliphatic heterocycles. The predicted octanol–water partition coefficient (Wildman–Crippen LogP) is -0.515. The molecule has 0 aliphatic carbocycles. The van der Waals surface area contributed by atoms with E-state index in [4.69, 9.17) is 8.92 Å². The Kier molecular flexibility index (Phi) is 5.97. The summed E-state index contributed by atoms with van der Waals surface area (Å²) in [5.74, 6) is -0.662. The first-order valence-electron chi connectivity index (χ1n) is 8.45. The Morgan fingerprint density at radius 3 is 2.48 bits per heavy atom. The Morgan fingerprint density at radius 2 is 1.86 bits per heavy atom. The SMILES string of the molecule is Cc1ccc(S(=O)(=O)OC[C@H]2O[C@@H](n3ccnc3[N+](=O)[O-])[C@H](O)[C@@H](O)[C@@H]2O)cc1. The summed E-state index contributed by atoms with van der Waals surface area (Å²) in [6.07, 6.45) is -5.85. The lowest BCUT2D eigenvalue weighted by Gasteiger charge is -2.39. The Morgan fingerprint density at radius 1 is 1.21 bits per heavy atom. The molecule has 2 aromatic rings. The number of imidazole rings is 1. The maximum Gasteiger partial charge on any atom is 0.436 e. The van der Waals surface area contributed by atoms with Gasteiger partial charge < -0.3 is 30.2 Å². The first-order chi connectivity index (χ1) is 13.6. The lowest BCUT2D eigenvalue weighted by Crippen LogP contribution is -2.56. The van der Waals surface area contributed by atoms with Crippen molar-refractivity contribution in [1.29, 1.82) is 0 Å². The molecule has 1 aliphatic rings. The molecule has 0 saturated carbocycles. The fourth-order valence-electron chi connectivity index (χ4n) is 2.87. The molecular formula is C16H19N3O9S. The molecule has 0 unspecified atom stereocenters. The molecule has 5 atom stereocenters. The summed E-state index contributed by atoms with van der Waals surface area (Å²) >= 11 is 0. The number of aryl methyl sites for hydroxylation is 1. The van der Waals surface area contributed by atoms with Crippen LogP contribution in [-0.2, 0) is 19.0 Å². The van der Waals surface area contributed by atoms with E-state index in [1.165, 1.54) is 12.1 Å². The number of rotatable bonds is 6. The number of benzene rings is 1. The van der Waals surface area contributed by atoms with Crippen LogP contribution in [0, 0.1) is 17.0 Å². The maximum atomic E-state index is 12.3. The minimum Gasteiger partial charge on any atom is -0.390 e. The minimum atomic E-state index is -4.19. The van der Waals surface area contributed by atoms with Crippen molar-refractivity contribution in [3.63, 3.8) is 0 Å². The maximum absolute atomic E-state index is 12.3. The summed E-state index contributed by atoms with van der Waals surface area (Å²) in [4.78, 5) is 13.7. The Hall–Kier alpha value is -2.42. The van der Waals surface area contributed by atoms with Crippen molar-refractivity contribution in [2.75, 3.05) is 6.61 Å². The third-order valence-electron chi connectivity index (χ3n) is 4.47. The van der Waals surface area contributed by atoms with E-state index in [-0.39, 0.29) is 4.90 Å². The molecule has 29 heavy (non-hydrogen) atoms. The van der Waals surface area contributed by atoms with Gasteiger partial charge in [0, 0.05) is 0 Å². The predicted molar refractivity (Wildman–Crippen MR) is 95.1 cm³/mol. The van der Waals surface area contributed by atoms with Crippen LogP contribution in [-0.4, -0.2) is 69.2 Å². The van der Waals surface area contributed by atoms with E-state index >= 15 is 0 Å². The molecule has 0 bridgehead atoms. The average Bonchev–Trinajstić information content (AvgIpc) is 3.16. The number of hydrogen-bond acceptors (Lipinski definition) is 10. The van der Waals surface area contributed by atoms with E-state index < -0.39 is 58.2 Å². The van der Waals surface area contributed by atoms with Gasteiger partial charge in [-0.3, -0.25) is 4.18 Å². The summed E-state index contributed by atoms with van der Waals surface area (Å²) < 4.78 is 35.9. The number of aliphatic hydroxyl groups excluding tert-OH is 3. The van der Waals surface area contributed by atoms with Gasteiger partial charge >= 0.3 is 5.95 Å². The van der Waals surface area contributed by atoms with E-state index in [0.717, 1.165) is 22.5 Å². The fourth-order valence-corrected chi connectivity index (χ4v) is 3.79. The molecule has 0 radical (unpaired) electrons. The lowest BCUT2D eigenvalue weighted by atomic mass is 9.98. The number of nitrogens with zero attached hydrogens (tertiary/aromatic N) is 3. The third kappa shape index (κ3) is 4.29. The van der Waals surface area contributed by atoms with Crippen LogP contribution in [0.15, 0.2) is 41.6 Å². The molecule has 12 nitrogen and oxygen atoms in total. The Bertz CT molecular complexity index is 976. The van der Waals surface area contributed by atoms with Crippen molar-refractivity contribution in [3.8, 4) is 0 Å². The number of ether oxygens (including phenoxy) is 1. The highest BCUT2D eigenvalue weighted by Crippen LogP contribution is 2.31. The second-order valence-electron chi connectivity index (χ2n) is 6.48. The highest BCUT2D eigenvalue weighted by atomic mass is 32.2. The first kappa shape index (κ1) is 21.3. The summed E-state index contributed by atoms with van der Waals surface area (Å²) in [7, 11) is -4.19. The quantitative estimate of drug-likeness (QED) is 0.308. The molecule has 1 saturated heterocycles. The van der Waals surface area contributed by atoms with Crippen molar-refractivity contribution in [2.24, 2.45) is 0 Å². The van der Waals surface area contributed by atoms with Crippen molar-refractivity contribution >= 4 is 16.1 Å². The van der Waals surface area contributed by atoms with Crippen LogP contribution < -0.4 is 0 Å². The van der Waals surface area contributed by atoms with E-state index in [0.29, 0.717) is 0 Å². The van der Waals surface area contributed by atoms with Crippen LogP contribution in [0.3, 0.4) is 0 Å². The third-order valence-corrected chi connectivity index (χ3v) is 5.77. The van der Waals surface area contributed by atoms with Gasteiger partial charge in [-0.2, -0.15) is 13.0 Å². The molecule has 1 fully saturated rings. The molecule has 1 aromatic carbocycles. The van der Waals surface area contributed by atoms with Gasteiger partial charge in [0.2, 0.25) is 6.23 Å². The average molecular weight is 429 g/mol. The smallest absolute Gasteiger partial charge is 0.390 e. The zero-order chi connectivity index (χ0) is 21.3. The summed E-state index contributed by atoms with van der Waals surface area (Å²) in [6, 6.07) is 5.85. The zero-order valence-electron chi connectivity index (χ0n) is 15.1. The van der Waals surface area contributed by atoms with E-state index in [1.54, 1.807) is 19.1 Å². The molecular weight excluding hydrogens is 410 g/mol. The summed E-state index contributed by atoms with van der Waals surface area (Å²) in [5.41, 5.74) is 0.844. The molecule has 2 heterocycles. The Balaban J connectivity index is 1.79. The minimum absolute atomic E-state index is 0.115. The van der Waals surface area contributed by atoms with Gasteiger partial charge in [-0.05, 0) is 24.0 Å². The molecule has 13 heteroatoms. The van der Waals surface area contributed by atoms with Gasteiger partial charge in [-0.15, -0.1) is 0 Å².